The number of hydrogen-bond donors (Lipinski definition) is 2. The summed E-state index contributed by atoms with van der Waals surface area (Å²) in [6, 6.07) is 5.75. The van der Waals surface area contributed by atoms with E-state index in [1.165, 1.54) is 5.56 Å². The van der Waals surface area contributed by atoms with Crippen LogP contribution in [0.25, 0.3) is 0 Å². The van der Waals surface area contributed by atoms with E-state index in [4.69, 9.17) is 11.5 Å². The van der Waals surface area contributed by atoms with Gasteiger partial charge in [-0.3, -0.25) is 0 Å². The van der Waals surface area contributed by atoms with Gasteiger partial charge in [-0.1, -0.05) is 26.8 Å². The molecule has 0 radical (unpaired) electrons. The Kier molecular flexibility index (Phi) is 2.50. The minimum atomic E-state index is 0.137. The first-order valence-corrected chi connectivity index (χ1v) is 4.63. The first kappa shape index (κ1) is 9.90. The molecule has 0 bridgehead atoms. The van der Waals surface area contributed by atoms with Gasteiger partial charge in [0.2, 0.25) is 0 Å². The molecule has 0 spiro atoms. The highest BCUT2D eigenvalue weighted by Gasteiger charge is 2.20. The molecule has 13 heavy (non-hydrogen) atoms. The lowest BCUT2D eigenvalue weighted by atomic mass is 9.81. The van der Waals surface area contributed by atoms with Crippen molar-refractivity contribution >= 4 is 11.4 Å². The van der Waals surface area contributed by atoms with Crippen LogP contribution in [0.3, 0.4) is 0 Å². The van der Waals surface area contributed by atoms with E-state index in [1.54, 1.807) is 0 Å². The van der Waals surface area contributed by atoms with E-state index < -0.39 is 0 Å². The second-order valence-electron chi connectivity index (χ2n) is 4.08. The molecule has 0 amide bonds. The van der Waals surface area contributed by atoms with Crippen molar-refractivity contribution in [2.75, 3.05) is 11.5 Å². The fourth-order valence-corrected chi connectivity index (χ4v) is 1.39. The van der Waals surface area contributed by atoms with E-state index in [0.717, 1.165) is 17.8 Å². The summed E-state index contributed by atoms with van der Waals surface area (Å²) in [7, 11) is 0. The van der Waals surface area contributed by atoms with Crippen LogP contribution >= 0.6 is 0 Å². The molecule has 1 aromatic carbocycles. The predicted molar refractivity (Wildman–Crippen MR) is 58.6 cm³/mol. The zero-order valence-corrected chi connectivity index (χ0v) is 8.59. The van der Waals surface area contributed by atoms with E-state index in [9.17, 15) is 0 Å². The van der Waals surface area contributed by atoms with Crippen LogP contribution in [0.2, 0.25) is 0 Å². The smallest absolute Gasteiger partial charge is 0.0372 e. The Bertz CT molecular complexity index is 303. The SMILES string of the molecule is CCC(C)(C)c1ccc(N)cc1N. The maximum atomic E-state index is 5.90. The Hall–Kier alpha value is -1.18. The number of hydrogen-bond acceptors (Lipinski definition) is 2. The first-order valence-electron chi connectivity index (χ1n) is 4.63. The van der Waals surface area contributed by atoms with Gasteiger partial charge in [0.05, 0.1) is 0 Å². The average molecular weight is 178 g/mol. The average Bonchev–Trinajstić information content (AvgIpc) is 2.03. The highest BCUT2D eigenvalue weighted by Crippen LogP contribution is 2.31. The van der Waals surface area contributed by atoms with Crippen molar-refractivity contribution in [2.45, 2.75) is 32.6 Å². The summed E-state index contributed by atoms with van der Waals surface area (Å²) in [5.74, 6) is 0. The Balaban J connectivity index is 3.16. The van der Waals surface area contributed by atoms with Gasteiger partial charge in [-0.2, -0.15) is 0 Å². The van der Waals surface area contributed by atoms with Crippen molar-refractivity contribution in [1.82, 2.24) is 0 Å². The molecule has 1 rings (SSSR count). The molecule has 1 aromatic rings. The maximum Gasteiger partial charge on any atom is 0.0372 e. The van der Waals surface area contributed by atoms with Gasteiger partial charge in [0.15, 0.2) is 0 Å². The molecule has 72 valence electrons. The zero-order chi connectivity index (χ0) is 10.1. The van der Waals surface area contributed by atoms with Gasteiger partial charge in [-0.05, 0) is 29.5 Å². The standard InChI is InChI=1S/C11H18N2/c1-4-11(2,3)9-6-5-8(12)7-10(9)13/h5-7H,4,12-13H2,1-3H3. The molecule has 0 unspecified atom stereocenters. The van der Waals surface area contributed by atoms with Gasteiger partial charge >= 0.3 is 0 Å². The van der Waals surface area contributed by atoms with Crippen molar-refractivity contribution in [2.24, 2.45) is 0 Å². The van der Waals surface area contributed by atoms with E-state index in [1.807, 2.05) is 18.2 Å². The summed E-state index contributed by atoms with van der Waals surface area (Å²) in [5.41, 5.74) is 14.4. The summed E-state index contributed by atoms with van der Waals surface area (Å²) in [5, 5.41) is 0. The second kappa shape index (κ2) is 3.29. The topological polar surface area (TPSA) is 52.0 Å². The minimum Gasteiger partial charge on any atom is -0.399 e. The molecule has 2 heteroatoms. The highest BCUT2D eigenvalue weighted by molar-refractivity contribution is 5.58. The Morgan fingerprint density at radius 2 is 1.85 bits per heavy atom. The normalized spacial score (nSPS) is 11.6. The van der Waals surface area contributed by atoms with Crippen LogP contribution in [-0.4, -0.2) is 0 Å². The summed E-state index contributed by atoms with van der Waals surface area (Å²) in [4.78, 5) is 0. The van der Waals surface area contributed by atoms with E-state index in [0.29, 0.717) is 0 Å². The monoisotopic (exact) mass is 178 g/mol. The minimum absolute atomic E-state index is 0.137. The molecule has 0 heterocycles. The van der Waals surface area contributed by atoms with Crippen LogP contribution in [0.4, 0.5) is 11.4 Å². The van der Waals surface area contributed by atoms with Gasteiger partial charge < -0.3 is 11.5 Å². The zero-order valence-electron chi connectivity index (χ0n) is 8.59. The third-order valence-electron chi connectivity index (χ3n) is 2.69. The lowest BCUT2D eigenvalue weighted by Crippen LogP contribution is -2.17. The summed E-state index contributed by atoms with van der Waals surface area (Å²) in [6.45, 7) is 6.54. The first-order chi connectivity index (χ1) is 5.97. The van der Waals surface area contributed by atoms with Crippen molar-refractivity contribution in [3.8, 4) is 0 Å². The van der Waals surface area contributed by atoms with Crippen LogP contribution in [0.5, 0.6) is 0 Å². The molecule has 0 aromatic heterocycles. The Labute approximate surface area is 79.9 Å². The van der Waals surface area contributed by atoms with Crippen molar-refractivity contribution < 1.29 is 0 Å². The summed E-state index contributed by atoms with van der Waals surface area (Å²) in [6.07, 6.45) is 1.07. The fraction of sp³-hybridized carbons (Fsp3) is 0.455. The van der Waals surface area contributed by atoms with Crippen LogP contribution in [-0.2, 0) is 5.41 Å². The third-order valence-corrected chi connectivity index (χ3v) is 2.69. The second-order valence-corrected chi connectivity index (χ2v) is 4.08. The maximum absolute atomic E-state index is 5.90. The predicted octanol–water partition coefficient (Wildman–Crippen LogP) is 2.54. The molecule has 0 aliphatic heterocycles. The molecule has 2 nitrogen and oxygen atoms in total. The van der Waals surface area contributed by atoms with E-state index in [2.05, 4.69) is 20.8 Å². The molecule has 0 saturated carbocycles. The van der Waals surface area contributed by atoms with Crippen molar-refractivity contribution in [3.05, 3.63) is 23.8 Å². The molecular formula is C11H18N2. The van der Waals surface area contributed by atoms with E-state index >= 15 is 0 Å². The quantitative estimate of drug-likeness (QED) is 0.684. The van der Waals surface area contributed by atoms with E-state index in [-0.39, 0.29) is 5.41 Å². The van der Waals surface area contributed by atoms with Crippen LogP contribution in [0.15, 0.2) is 18.2 Å². The van der Waals surface area contributed by atoms with Gasteiger partial charge in [-0.15, -0.1) is 0 Å². The number of nitrogens with two attached hydrogens (primary N) is 2. The molecular weight excluding hydrogens is 160 g/mol. The summed E-state index contributed by atoms with van der Waals surface area (Å²) < 4.78 is 0. The van der Waals surface area contributed by atoms with Crippen LogP contribution in [0, 0.1) is 0 Å². The molecule has 4 N–H and O–H groups in total. The fourth-order valence-electron chi connectivity index (χ4n) is 1.39. The Morgan fingerprint density at radius 1 is 1.23 bits per heavy atom. The Morgan fingerprint density at radius 3 is 2.31 bits per heavy atom. The van der Waals surface area contributed by atoms with Crippen LogP contribution in [0.1, 0.15) is 32.8 Å². The lowest BCUT2D eigenvalue weighted by Gasteiger charge is -2.25. The number of rotatable bonds is 2. The van der Waals surface area contributed by atoms with Gasteiger partial charge in [0.25, 0.3) is 0 Å². The van der Waals surface area contributed by atoms with Crippen molar-refractivity contribution in [1.29, 1.82) is 0 Å². The molecule has 0 aliphatic rings. The summed E-state index contributed by atoms with van der Waals surface area (Å²) >= 11 is 0. The lowest BCUT2D eigenvalue weighted by molar-refractivity contribution is 0.508. The molecule has 0 aliphatic carbocycles. The van der Waals surface area contributed by atoms with Crippen molar-refractivity contribution in [3.63, 3.8) is 0 Å². The largest absolute Gasteiger partial charge is 0.399 e. The molecule has 0 atom stereocenters. The van der Waals surface area contributed by atoms with Gasteiger partial charge in [0, 0.05) is 11.4 Å². The van der Waals surface area contributed by atoms with Gasteiger partial charge in [-0.25, -0.2) is 0 Å². The van der Waals surface area contributed by atoms with Crippen LogP contribution < -0.4 is 11.5 Å². The van der Waals surface area contributed by atoms with Gasteiger partial charge in [0.1, 0.15) is 0 Å². The number of anilines is 2. The number of nitrogen functional groups attached to an aromatic ring is 2. The highest BCUT2D eigenvalue weighted by atomic mass is 14.6. The third kappa shape index (κ3) is 1.94. The molecule has 0 fully saturated rings. The molecule has 0 saturated heterocycles. The number of benzene rings is 1.